The zero-order valence-corrected chi connectivity index (χ0v) is 25.1. The van der Waals surface area contributed by atoms with Gasteiger partial charge in [0.05, 0.1) is 22.1 Å². The molecule has 210 valence electrons. The van der Waals surface area contributed by atoms with E-state index in [0.29, 0.717) is 0 Å². The van der Waals surface area contributed by atoms with E-state index in [0.717, 1.165) is 0 Å². The predicted molar refractivity (Wildman–Crippen MR) is 193 cm³/mol. The third kappa shape index (κ3) is 3.50. The van der Waals surface area contributed by atoms with E-state index in [-0.39, 0.29) is 0 Å². The number of benzene rings is 7. The topological polar surface area (TPSA) is 9.86 Å². The standard InChI is InChI=1S/C42H26N2S/c1-4-12-27(13-5-1)28-20-21-34-32(26-28)40-36(44(34)30-16-8-3-9-17-30)23-25-38-42(40)41-37(45-38)24-22-35-39(41)31-18-10-11-19-33(31)43(35)29-14-6-2-7-15-29/h1-26H. The molecule has 3 heterocycles. The monoisotopic (exact) mass is 590 g/mol. The molecule has 0 bridgehead atoms. The number of aromatic nitrogens is 2. The number of hydrogen-bond acceptors (Lipinski definition) is 1. The van der Waals surface area contributed by atoms with Crippen LogP contribution in [-0.4, -0.2) is 9.13 Å². The van der Waals surface area contributed by atoms with Gasteiger partial charge in [0, 0.05) is 53.1 Å². The number of hydrogen-bond donors (Lipinski definition) is 0. The Labute approximate surface area is 263 Å². The van der Waals surface area contributed by atoms with E-state index in [4.69, 9.17) is 0 Å². The molecule has 10 aromatic rings. The fourth-order valence-corrected chi connectivity index (χ4v) is 8.56. The molecule has 0 aliphatic carbocycles. The van der Waals surface area contributed by atoms with Crippen LogP contribution in [0.5, 0.6) is 0 Å². The van der Waals surface area contributed by atoms with E-state index < -0.39 is 0 Å². The number of fused-ring (bicyclic) bond motifs is 11. The van der Waals surface area contributed by atoms with E-state index in [1.165, 1.54) is 86.3 Å². The summed E-state index contributed by atoms with van der Waals surface area (Å²) < 4.78 is 7.50. The van der Waals surface area contributed by atoms with Gasteiger partial charge in [-0.2, -0.15) is 0 Å². The molecular formula is C42H26N2S. The summed E-state index contributed by atoms with van der Waals surface area (Å²) in [5.74, 6) is 0. The summed E-state index contributed by atoms with van der Waals surface area (Å²) in [5.41, 5.74) is 9.75. The molecule has 0 saturated heterocycles. The first-order valence-electron chi connectivity index (χ1n) is 15.4. The van der Waals surface area contributed by atoms with Crippen LogP contribution in [0, 0.1) is 0 Å². The normalized spacial score (nSPS) is 12.0. The van der Waals surface area contributed by atoms with Gasteiger partial charge in [-0.3, -0.25) is 0 Å². The lowest BCUT2D eigenvalue weighted by atomic mass is 9.99. The van der Waals surface area contributed by atoms with E-state index in [2.05, 4.69) is 167 Å². The molecule has 45 heavy (non-hydrogen) atoms. The van der Waals surface area contributed by atoms with Crippen molar-refractivity contribution in [3.63, 3.8) is 0 Å². The van der Waals surface area contributed by atoms with Crippen molar-refractivity contribution in [1.29, 1.82) is 0 Å². The Morgan fingerprint density at radius 3 is 1.44 bits per heavy atom. The van der Waals surface area contributed by atoms with Crippen molar-refractivity contribution in [3.8, 4) is 22.5 Å². The summed E-state index contributed by atoms with van der Waals surface area (Å²) in [6.07, 6.45) is 0. The van der Waals surface area contributed by atoms with E-state index in [9.17, 15) is 0 Å². The van der Waals surface area contributed by atoms with Crippen molar-refractivity contribution in [1.82, 2.24) is 9.13 Å². The Balaban J connectivity index is 1.43. The number of thiophene rings is 1. The fraction of sp³-hybridized carbons (Fsp3) is 0. The SMILES string of the molecule is c1ccc(-c2ccc3c(c2)c2c4c(ccc2n3-c2ccccc2)sc2ccc3c(c5ccccc5n3-c3ccccc3)c24)cc1. The molecule has 0 unspecified atom stereocenters. The summed E-state index contributed by atoms with van der Waals surface area (Å²) in [4.78, 5) is 0. The molecule has 0 spiro atoms. The highest BCUT2D eigenvalue weighted by molar-refractivity contribution is 7.26. The van der Waals surface area contributed by atoms with Gasteiger partial charge < -0.3 is 9.13 Å². The lowest BCUT2D eigenvalue weighted by Gasteiger charge is -2.08. The van der Waals surface area contributed by atoms with Crippen LogP contribution >= 0.6 is 11.3 Å². The lowest BCUT2D eigenvalue weighted by molar-refractivity contribution is 1.18. The first-order valence-corrected chi connectivity index (χ1v) is 16.2. The largest absolute Gasteiger partial charge is 0.309 e. The molecule has 0 fully saturated rings. The van der Waals surface area contributed by atoms with Crippen LogP contribution in [-0.2, 0) is 0 Å². The highest BCUT2D eigenvalue weighted by atomic mass is 32.1. The second-order valence-corrected chi connectivity index (χ2v) is 12.8. The third-order valence-electron chi connectivity index (χ3n) is 9.30. The summed E-state index contributed by atoms with van der Waals surface area (Å²) in [7, 11) is 0. The molecule has 0 aliphatic rings. The minimum absolute atomic E-state index is 1.18. The maximum Gasteiger partial charge on any atom is 0.0548 e. The van der Waals surface area contributed by atoms with Gasteiger partial charge in [-0.25, -0.2) is 0 Å². The van der Waals surface area contributed by atoms with Crippen molar-refractivity contribution >= 4 is 75.1 Å². The zero-order valence-electron chi connectivity index (χ0n) is 24.3. The molecular weight excluding hydrogens is 565 g/mol. The average molecular weight is 591 g/mol. The lowest BCUT2D eigenvalue weighted by Crippen LogP contribution is -1.93. The maximum atomic E-state index is 2.44. The van der Waals surface area contributed by atoms with Crippen molar-refractivity contribution in [2.45, 2.75) is 0 Å². The molecule has 0 aliphatic heterocycles. The van der Waals surface area contributed by atoms with Crippen molar-refractivity contribution in [3.05, 3.63) is 158 Å². The first-order chi connectivity index (χ1) is 22.3. The molecule has 7 aromatic carbocycles. The Morgan fingerprint density at radius 2 is 0.822 bits per heavy atom. The van der Waals surface area contributed by atoms with Crippen LogP contribution in [0.15, 0.2) is 158 Å². The van der Waals surface area contributed by atoms with Crippen LogP contribution in [0.4, 0.5) is 0 Å². The van der Waals surface area contributed by atoms with Crippen molar-refractivity contribution in [2.24, 2.45) is 0 Å². The molecule has 0 N–H and O–H groups in total. The summed E-state index contributed by atoms with van der Waals surface area (Å²) in [6, 6.07) is 57.4. The fourth-order valence-electron chi connectivity index (χ4n) is 7.44. The van der Waals surface area contributed by atoms with Gasteiger partial charge in [-0.15, -0.1) is 11.3 Å². The molecule has 2 nitrogen and oxygen atoms in total. The molecule has 3 heteroatoms. The van der Waals surface area contributed by atoms with Gasteiger partial charge >= 0.3 is 0 Å². The van der Waals surface area contributed by atoms with Crippen LogP contribution in [0.1, 0.15) is 0 Å². The van der Waals surface area contributed by atoms with Crippen LogP contribution < -0.4 is 0 Å². The average Bonchev–Trinajstić information content (AvgIpc) is 3.76. The second-order valence-electron chi connectivity index (χ2n) is 11.7. The quantitative estimate of drug-likeness (QED) is 0.194. The summed E-state index contributed by atoms with van der Waals surface area (Å²) in [5, 5.41) is 7.91. The Bertz CT molecular complexity index is 2730. The molecule has 0 amide bonds. The Kier molecular flexibility index (Phi) is 5.19. The maximum absolute atomic E-state index is 2.44. The first kappa shape index (κ1) is 24.8. The van der Waals surface area contributed by atoms with Crippen molar-refractivity contribution < 1.29 is 0 Å². The van der Waals surface area contributed by atoms with Crippen molar-refractivity contribution in [2.75, 3.05) is 0 Å². The number of para-hydroxylation sites is 3. The Hall–Kier alpha value is -5.64. The van der Waals surface area contributed by atoms with Crippen LogP contribution in [0.2, 0.25) is 0 Å². The van der Waals surface area contributed by atoms with Crippen LogP contribution in [0.25, 0.3) is 86.3 Å². The smallest absolute Gasteiger partial charge is 0.0548 e. The molecule has 0 radical (unpaired) electrons. The highest BCUT2D eigenvalue weighted by Crippen LogP contribution is 2.48. The third-order valence-corrected chi connectivity index (χ3v) is 10.4. The minimum Gasteiger partial charge on any atom is -0.309 e. The molecule has 10 rings (SSSR count). The number of nitrogens with zero attached hydrogens (tertiary/aromatic N) is 2. The highest BCUT2D eigenvalue weighted by Gasteiger charge is 2.22. The van der Waals surface area contributed by atoms with Gasteiger partial charge in [-0.1, -0.05) is 91.0 Å². The van der Waals surface area contributed by atoms with Gasteiger partial charge in [0.15, 0.2) is 0 Å². The van der Waals surface area contributed by atoms with Crippen LogP contribution in [0.3, 0.4) is 0 Å². The van der Waals surface area contributed by atoms with E-state index >= 15 is 0 Å². The zero-order chi connectivity index (χ0) is 29.5. The van der Waals surface area contributed by atoms with Gasteiger partial charge in [0.2, 0.25) is 0 Å². The summed E-state index contributed by atoms with van der Waals surface area (Å²) >= 11 is 1.90. The van der Waals surface area contributed by atoms with E-state index in [1.807, 2.05) is 11.3 Å². The Morgan fingerprint density at radius 1 is 0.333 bits per heavy atom. The second kappa shape index (κ2) is 9.43. The van der Waals surface area contributed by atoms with Gasteiger partial charge in [0.25, 0.3) is 0 Å². The predicted octanol–water partition coefficient (Wildman–Crippen LogP) is 11.9. The molecule has 3 aromatic heterocycles. The number of rotatable bonds is 3. The van der Waals surface area contributed by atoms with E-state index in [1.54, 1.807) is 0 Å². The molecule has 0 saturated carbocycles. The van der Waals surface area contributed by atoms with Gasteiger partial charge in [0.1, 0.15) is 0 Å². The minimum atomic E-state index is 1.18. The van der Waals surface area contributed by atoms with Gasteiger partial charge in [-0.05, 0) is 77.9 Å². The summed E-state index contributed by atoms with van der Waals surface area (Å²) in [6.45, 7) is 0. The molecule has 0 atom stereocenters.